The summed E-state index contributed by atoms with van der Waals surface area (Å²) in [5, 5.41) is 9.48. The largest absolute Gasteiger partial charge is 0.497 e. The summed E-state index contributed by atoms with van der Waals surface area (Å²) in [5.74, 6) is 1.19. The highest BCUT2D eigenvalue weighted by molar-refractivity contribution is 5.93. The lowest BCUT2D eigenvalue weighted by atomic mass is 9.93. The first-order chi connectivity index (χ1) is 13.2. The molecule has 2 aromatic rings. The van der Waals surface area contributed by atoms with Crippen LogP contribution in [0.25, 0.3) is 0 Å². The van der Waals surface area contributed by atoms with Crippen molar-refractivity contribution in [3.8, 4) is 5.75 Å². The van der Waals surface area contributed by atoms with Gasteiger partial charge in [-0.05, 0) is 42.9 Å². The molecule has 7 heteroatoms. The SMILES string of the molecule is COc1cccc(CNC(=O)CC[C@@H]2CCCN(C(=O)c3cn[nH]c3)C2)c1. The molecule has 1 aliphatic heterocycles. The molecule has 2 amide bonds. The van der Waals surface area contributed by atoms with Crippen LogP contribution in [-0.4, -0.2) is 47.1 Å². The molecular weight excluding hydrogens is 344 g/mol. The van der Waals surface area contributed by atoms with E-state index >= 15 is 0 Å². The number of carbonyl (C=O) groups excluding carboxylic acids is 2. The first-order valence-corrected chi connectivity index (χ1v) is 9.33. The van der Waals surface area contributed by atoms with E-state index in [1.54, 1.807) is 19.5 Å². The Morgan fingerprint density at radius 1 is 1.41 bits per heavy atom. The van der Waals surface area contributed by atoms with Crippen LogP contribution in [0.3, 0.4) is 0 Å². The second kappa shape index (κ2) is 9.21. The van der Waals surface area contributed by atoms with Gasteiger partial charge in [0.15, 0.2) is 0 Å². The number of carbonyl (C=O) groups is 2. The lowest BCUT2D eigenvalue weighted by Gasteiger charge is -2.32. The Morgan fingerprint density at radius 2 is 2.30 bits per heavy atom. The number of aromatic amines is 1. The van der Waals surface area contributed by atoms with E-state index in [9.17, 15) is 9.59 Å². The third-order valence-electron chi connectivity index (χ3n) is 4.95. The average Bonchev–Trinajstić information content (AvgIpc) is 3.25. The number of nitrogens with zero attached hydrogens (tertiary/aromatic N) is 2. The summed E-state index contributed by atoms with van der Waals surface area (Å²) in [7, 11) is 1.63. The van der Waals surface area contributed by atoms with Crippen LogP contribution >= 0.6 is 0 Å². The average molecular weight is 370 g/mol. The van der Waals surface area contributed by atoms with Crippen molar-refractivity contribution in [2.75, 3.05) is 20.2 Å². The fourth-order valence-electron chi connectivity index (χ4n) is 3.44. The van der Waals surface area contributed by atoms with Gasteiger partial charge in [0, 0.05) is 32.3 Å². The van der Waals surface area contributed by atoms with Crippen molar-refractivity contribution in [3.05, 3.63) is 47.8 Å². The minimum Gasteiger partial charge on any atom is -0.497 e. The maximum Gasteiger partial charge on any atom is 0.257 e. The van der Waals surface area contributed by atoms with E-state index in [1.165, 1.54) is 0 Å². The van der Waals surface area contributed by atoms with Gasteiger partial charge in [0.05, 0.1) is 18.9 Å². The molecule has 0 saturated carbocycles. The maximum absolute atomic E-state index is 12.4. The predicted octanol–water partition coefficient (Wildman–Crippen LogP) is 2.37. The molecule has 7 nitrogen and oxygen atoms in total. The summed E-state index contributed by atoms with van der Waals surface area (Å²) in [4.78, 5) is 26.5. The van der Waals surface area contributed by atoms with Crippen molar-refractivity contribution in [1.29, 1.82) is 0 Å². The molecule has 0 bridgehead atoms. The lowest BCUT2D eigenvalue weighted by Crippen LogP contribution is -2.40. The second-order valence-electron chi connectivity index (χ2n) is 6.91. The smallest absolute Gasteiger partial charge is 0.257 e. The van der Waals surface area contributed by atoms with Gasteiger partial charge in [-0.3, -0.25) is 14.7 Å². The highest BCUT2D eigenvalue weighted by atomic mass is 16.5. The molecule has 1 aromatic carbocycles. The Bertz CT molecular complexity index is 760. The number of H-pyrrole nitrogens is 1. The van der Waals surface area contributed by atoms with E-state index in [0.29, 0.717) is 31.0 Å². The minimum atomic E-state index is 0.0101. The zero-order valence-electron chi connectivity index (χ0n) is 15.6. The zero-order valence-corrected chi connectivity index (χ0v) is 15.6. The number of hydrogen-bond donors (Lipinski definition) is 2. The van der Waals surface area contributed by atoms with Crippen molar-refractivity contribution >= 4 is 11.8 Å². The number of nitrogens with one attached hydrogen (secondary N) is 2. The van der Waals surface area contributed by atoms with Gasteiger partial charge in [-0.1, -0.05) is 12.1 Å². The van der Waals surface area contributed by atoms with Gasteiger partial charge in [-0.2, -0.15) is 5.10 Å². The normalized spacial score (nSPS) is 16.8. The summed E-state index contributed by atoms with van der Waals surface area (Å²) in [6.45, 7) is 1.96. The fourth-order valence-corrected chi connectivity index (χ4v) is 3.44. The van der Waals surface area contributed by atoms with E-state index in [1.807, 2.05) is 29.2 Å². The van der Waals surface area contributed by atoms with Crippen LogP contribution in [0, 0.1) is 5.92 Å². The number of ether oxygens (including phenoxy) is 1. The molecule has 1 fully saturated rings. The molecule has 3 rings (SSSR count). The van der Waals surface area contributed by atoms with Crippen molar-refractivity contribution in [1.82, 2.24) is 20.4 Å². The van der Waals surface area contributed by atoms with Crippen molar-refractivity contribution < 1.29 is 14.3 Å². The van der Waals surface area contributed by atoms with Crippen LogP contribution in [0.15, 0.2) is 36.7 Å². The molecular formula is C20H26N4O3. The summed E-state index contributed by atoms with van der Waals surface area (Å²) in [6, 6.07) is 7.67. The Morgan fingerprint density at radius 3 is 3.07 bits per heavy atom. The van der Waals surface area contributed by atoms with E-state index in [0.717, 1.165) is 37.1 Å². The third-order valence-corrected chi connectivity index (χ3v) is 4.95. The van der Waals surface area contributed by atoms with Crippen LogP contribution in [0.2, 0.25) is 0 Å². The van der Waals surface area contributed by atoms with Crippen molar-refractivity contribution in [3.63, 3.8) is 0 Å². The van der Waals surface area contributed by atoms with Gasteiger partial charge in [-0.25, -0.2) is 0 Å². The standard InChI is InChI=1S/C20H26N4O3/c1-27-18-6-2-4-16(10-18)11-21-19(25)8-7-15-5-3-9-24(14-15)20(26)17-12-22-23-13-17/h2,4,6,10,12-13,15H,3,5,7-9,11,14H2,1H3,(H,21,25)(H,22,23)/t15-/m0/s1. The molecule has 144 valence electrons. The van der Waals surface area contributed by atoms with Crippen LogP contribution < -0.4 is 10.1 Å². The van der Waals surface area contributed by atoms with Gasteiger partial charge in [0.25, 0.3) is 5.91 Å². The first kappa shape index (κ1) is 18.9. The van der Waals surface area contributed by atoms with Crippen molar-refractivity contribution in [2.45, 2.75) is 32.2 Å². The molecule has 0 spiro atoms. The number of amides is 2. The van der Waals surface area contributed by atoms with Gasteiger partial charge in [-0.15, -0.1) is 0 Å². The predicted molar refractivity (Wildman–Crippen MR) is 101 cm³/mol. The molecule has 0 radical (unpaired) electrons. The third kappa shape index (κ3) is 5.32. The summed E-state index contributed by atoms with van der Waals surface area (Å²) in [6.07, 6.45) is 6.47. The number of benzene rings is 1. The number of methoxy groups -OCH3 is 1. The highest BCUT2D eigenvalue weighted by Gasteiger charge is 2.25. The van der Waals surface area contributed by atoms with Gasteiger partial charge < -0.3 is 15.0 Å². The van der Waals surface area contributed by atoms with Gasteiger partial charge in [0.1, 0.15) is 5.75 Å². The van der Waals surface area contributed by atoms with Crippen LogP contribution in [0.4, 0.5) is 0 Å². The summed E-state index contributed by atoms with van der Waals surface area (Å²) < 4.78 is 5.19. The summed E-state index contributed by atoms with van der Waals surface area (Å²) in [5.41, 5.74) is 1.60. The highest BCUT2D eigenvalue weighted by Crippen LogP contribution is 2.22. The van der Waals surface area contributed by atoms with Crippen LogP contribution in [-0.2, 0) is 11.3 Å². The first-order valence-electron chi connectivity index (χ1n) is 9.33. The molecule has 1 aliphatic rings. The minimum absolute atomic E-state index is 0.0101. The van der Waals surface area contributed by atoms with Gasteiger partial charge in [0.2, 0.25) is 5.91 Å². The van der Waals surface area contributed by atoms with E-state index < -0.39 is 0 Å². The molecule has 1 saturated heterocycles. The number of likely N-dealkylation sites (tertiary alicyclic amines) is 1. The zero-order chi connectivity index (χ0) is 19.1. The fraction of sp³-hybridized carbons (Fsp3) is 0.450. The molecule has 0 aliphatic carbocycles. The van der Waals surface area contributed by atoms with E-state index in [2.05, 4.69) is 15.5 Å². The number of piperidine rings is 1. The molecule has 2 heterocycles. The van der Waals surface area contributed by atoms with Crippen LogP contribution in [0.1, 0.15) is 41.6 Å². The number of rotatable bonds is 7. The monoisotopic (exact) mass is 370 g/mol. The Labute approximate surface area is 159 Å². The van der Waals surface area contributed by atoms with Crippen molar-refractivity contribution in [2.24, 2.45) is 5.92 Å². The topological polar surface area (TPSA) is 87.3 Å². The van der Waals surface area contributed by atoms with E-state index in [4.69, 9.17) is 4.74 Å². The molecule has 0 unspecified atom stereocenters. The van der Waals surface area contributed by atoms with Crippen LogP contribution in [0.5, 0.6) is 5.75 Å². The molecule has 1 atom stereocenters. The molecule has 2 N–H and O–H groups in total. The number of hydrogen-bond acceptors (Lipinski definition) is 4. The Balaban J connectivity index is 1.42. The summed E-state index contributed by atoms with van der Waals surface area (Å²) >= 11 is 0. The maximum atomic E-state index is 12.4. The Hall–Kier alpha value is -2.83. The molecule has 27 heavy (non-hydrogen) atoms. The molecule has 1 aromatic heterocycles. The Kier molecular flexibility index (Phi) is 6.46. The second-order valence-corrected chi connectivity index (χ2v) is 6.91. The number of aromatic nitrogens is 2. The quantitative estimate of drug-likeness (QED) is 0.783. The lowest BCUT2D eigenvalue weighted by molar-refractivity contribution is -0.121. The van der Waals surface area contributed by atoms with E-state index in [-0.39, 0.29) is 11.8 Å². The van der Waals surface area contributed by atoms with Gasteiger partial charge >= 0.3 is 0 Å².